The summed E-state index contributed by atoms with van der Waals surface area (Å²) in [4.78, 5) is 56.5. The van der Waals surface area contributed by atoms with E-state index >= 15 is 0 Å². The van der Waals surface area contributed by atoms with E-state index in [1.165, 1.54) is 19.1 Å². The molecule has 198 valence electrons. The zero-order valence-electron chi connectivity index (χ0n) is 20.1. The smallest absolute Gasteiger partial charge is 0.341 e. The zero-order valence-corrected chi connectivity index (χ0v) is 20.1. The molecule has 1 amide bonds. The third kappa shape index (κ3) is 7.78. The average Bonchev–Trinajstić information content (AvgIpc) is 2.86. The Morgan fingerprint density at radius 3 is 2.42 bits per heavy atom. The molecule has 16 nitrogen and oxygen atoms in total. The van der Waals surface area contributed by atoms with E-state index in [0.717, 1.165) is 6.07 Å². The molecule has 0 saturated heterocycles. The predicted molar refractivity (Wildman–Crippen MR) is 130 cm³/mol. The van der Waals surface area contributed by atoms with E-state index < -0.39 is 56.9 Å². The third-order valence-electron chi connectivity index (χ3n) is 4.84. The molecule has 0 radical (unpaired) electrons. The number of ether oxygens (including phenoxy) is 1. The summed E-state index contributed by atoms with van der Waals surface area (Å²) in [6, 6.07) is 7.63. The maximum atomic E-state index is 11.8. The first-order valence-corrected chi connectivity index (χ1v) is 10.8. The number of non-ortho nitro benzene ring substituents is 1. The van der Waals surface area contributed by atoms with Crippen LogP contribution in [0.2, 0.25) is 0 Å². The highest BCUT2D eigenvalue weighted by atomic mass is 16.6. The van der Waals surface area contributed by atoms with Crippen molar-refractivity contribution in [3.63, 3.8) is 0 Å². The average molecular weight is 527 g/mol. The van der Waals surface area contributed by atoms with Crippen molar-refractivity contribution in [2.45, 2.75) is 20.3 Å². The van der Waals surface area contributed by atoms with Gasteiger partial charge in [-0.05, 0) is 25.1 Å². The quantitative estimate of drug-likeness (QED) is 0.175. The molecule has 2 aromatic carbocycles. The fourth-order valence-corrected chi connectivity index (χ4v) is 3.15. The third-order valence-corrected chi connectivity index (χ3v) is 4.84. The minimum absolute atomic E-state index is 0.0532. The molecule has 2 N–H and O–H groups in total. The van der Waals surface area contributed by atoms with Gasteiger partial charge in [0.2, 0.25) is 5.91 Å². The van der Waals surface area contributed by atoms with Crippen molar-refractivity contribution in [2.75, 3.05) is 29.9 Å². The number of nitro groups is 2. The number of aliphatic carboxylic acids is 1. The number of rotatable bonds is 12. The topological polar surface area (TPSA) is 231 Å². The van der Waals surface area contributed by atoms with Gasteiger partial charge in [0.25, 0.3) is 5.69 Å². The van der Waals surface area contributed by atoms with Gasteiger partial charge >= 0.3 is 17.6 Å². The molecule has 38 heavy (non-hydrogen) atoms. The van der Waals surface area contributed by atoms with Gasteiger partial charge < -0.3 is 20.1 Å². The summed E-state index contributed by atoms with van der Waals surface area (Å²) in [5, 5.41) is 50.8. The number of esters is 1. The number of nitrogens with one attached hydrogen (secondary N) is 1. The van der Waals surface area contributed by atoms with Crippen molar-refractivity contribution in [1.29, 1.82) is 5.26 Å². The van der Waals surface area contributed by atoms with Gasteiger partial charge in [-0.1, -0.05) is 0 Å². The Balaban J connectivity index is 2.43. The van der Waals surface area contributed by atoms with Gasteiger partial charge in [-0.3, -0.25) is 29.8 Å². The van der Waals surface area contributed by atoms with Crippen molar-refractivity contribution in [2.24, 2.45) is 10.2 Å². The summed E-state index contributed by atoms with van der Waals surface area (Å²) in [6.45, 7) is 2.87. The Bertz CT molecular complexity index is 1350. The summed E-state index contributed by atoms with van der Waals surface area (Å²) in [6.07, 6.45) is -0.112. The van der Waals surface area contributed by atoms with Gasteiger partial charge in [0.15, 0.2) is 12.3 Å². The van der Waals surface area contributed by atoms with Crippen LogP contribution in [0.15, 0.2) is 40.6 Å². The number of carboxylic acids is 1. The molecule has 0 fully saturated rings. The highest BCUT2D eigenvalue weighted by molar-refractivity contribution is 5.93. The Labute approximate surface area is 214 Å². The minimum Gasteiger partial charge on any atom is -0.479 e. The molecule has 16 heteroatoms. The van der Waals surface area contributed by atoms with E-state index in [9.17, 15) is 39.9 Å². The Kier molecular flexibility index (Phi) is 9.86. The standard InChI is InChI=1S/C22H21N7O9/c1-3-27(7-6-21(33)38-12-20(31)32)15-4-5-17(18(9-15)24-13(2)30)25-26-22-14(11-23)8-16(28(34)35)10-19(22)29(36)37/h4-5,8-10H,3,6-7,12H2,1-2H3,(H,24,30)(H,31,32)/b26-25-. The van der Waals surface area contributed by atoms with Crippen molar-refractivity contribution >= 4 is 52.0 Å². The van der Waals surface area contributed by atoms with E-state index in [-0.39, 0.29) is 24.3 Å². The van der Waals surface area contributed by atoms with E-state index in [2.05, 4.69) is 20.3 Å². The van der Waals surface area contributed by atoms with Crippen molar-refractivity contribution in [3.05, 3.63) is 56.1 Å². The van der Waals surface area contributed by atoms with Gasteiger partial charge in [-0.2, -0.15) is 5.26 Å². The Morgan fingerprint density at radius 1 is 1.16 bits per heavy atom. The molecule has 2 aromatic rings. The molecule has 0 aliphatic heterocycles. The van der Waals surface area contributed by atoms with Crippen molar-refractivity contribution < 1.29 is 34.1 Å². The Hall–Kier alpha value is -5.46. The SMILES string of the molecule is CCN(CCC(=O)OCC(=O)O)c1ccc(/N=N\c2c(C#N)cc([N+](=O)[O-])cc2[N+](=O)[O-])c(NC(C)=O)c1. The number of benzene rings is 2. The number of carboxylic acid groups (broad SMARTS) is 1. The lowest BCUT2D eigenvalue weighted by Gasteiger charge is -2.23. The number of anilines is 2. The molecular formula is C22H21N7O9. The van der Waals surface area contributed by atoms with Gasteiger partial charge in [0.1, 0.15) is 11.8 Å². The number of hydrogen-bond donors (Lipinski definition) is 2. The number of nitrogens with zero attached hydrogens (tertiary/aromatic N) is 6. The van der Waals surface area contributed by atoms with Crippen molar-refractivity contribution in [3.8, 4) is 6.07 Å². The Morgan fingerprint density at radius 2 is 1.87 bits per heavy atom. The molecule has 0 aliphatic rings. The second kappa shape index (κ2) is 13.0. The zero-order chi connectivity index (χ0) is 28.4. The van der Waals surface area contributed by atoms with Crippen molar-refractivity contribution in [1.82, 2.24) is 0 Å². The molecule has 0 bridgehead atoms. The van der Waals surface area contributed by atoms with Crippen LogP contribution in [-0.4, -0.2) is 52.5 Å². The maximum absolute atomic E-state index is 11.8. The summed E-state index contributed by atoms with van der Waals surface area (Å²) < 4.78 is 4.61. The van der Waals surface area contributed by atoms with Gasteiger partial charge in [0, 0.05) is 31.8 Å². The monoisotopic (exact) mass is 527 g/mol. The largest absolute Gasteiger partial charge is 0.479 e. The van der Waals surface area contributed by atoms with Crippen LogP contribution in [0.1, 0.15) is 25.8 Å². The number of hydrogen-bond acceptors (Lipinski definition) is 12. The molecule has 0 spiro atoms. The van der Waals surface area contributed by atoms with E-state index in [0.29, 0.717) is 18.3 Å². The maximum Gasteiger partial charge on any atom is 0.341 e. The first-order chi connectivity index (χ1) is 18.0. The van der Waals surface area contributed by atoms with E-state index in [1.807, 2.05) is 0 Å². The summed E-state index contributed by atoms with van der Waals surface area (Å²) in [7, 11) is 0. The summed E-state index contributed by atoms with van der Waals surface area (Å²) in [5.41, 5.74) is -1.67. The lowest BCUT2D eigenvalue weighted by Crippen LogP contribution is -2.27. The number of carbonyl (C=O) groups excluding carboxylic acids is 2. The molecule has 0 aliphatic carbocycles. The normalized spacial score (nSPS) is 10.4. The number of nitriles is 1. The van der Waals surface area contributed by atoms with Crippen LogP contribution in [0.25, 0.3) is 0 Å². The van der Waals surface area contributed by atoms with Gasteiger partial charge in [-0.15, -0.1) is 10.2 Å². The van der Waals surface area contributed by atoms with Gasteiger partial charge in [-0.25, -0.2) is 4.79 Å². The fraction of sp³-hybridized carbons (Fsp3) is 0.273. The number of nitro benzene ring substituents is 2. The van der Waals surface area contributed by atoms with Gasteiger partial charge in [0.05, 0.1) is 33.6 Å². The molecule has 0 heterocycles. The summed E-state index contributed by atoms with van der Waals surface area (Å²) in [5.74, 6) is -2.47. The lowest BCUT2D eigenvalue weighted by atomic mass is 10.1. The second-order valence-corrected chi connectivity index (χ2v) is 7.45. The number of amides is 1. The van der Waals surface area contributed by atoms with Crippen LogP contribution in [0.3, 0.4) is 0 Å². The first-order valence-electron chi connectivity index (χ1n) is 10.8. The van der Waals surface area contributed by atoms with E-state index in [4.69, 9.17) is 5.11 Å². The van der Waals surface area contributed by atoms with Crippen LogP contribution < -0.4 is 10.2 Å². The lowest BCUT2D eigenvalue weighted by molar-refractivity contribution is -0.393. The number of azo groups is 1. The molecule has 2 rings (SSSR count). The fourth-order valence-electron chi connectivity index (χ4n) is 3.15. The summed E-state index contributed by atoms with van der Waals surface area (Å²) >= 11 is 0. The minimum atomic E-state index is -1.28. The van der Waals surface area contributed by atoms with E-state index in [1.54, 1.807) is 24.0 Å². The molecular weight excluding hydrogens is 506 g/mol. The van der Waals surface area contributed by atoms with Crippen LogP contribution in [0, 0.1) is 31.6 Å². The predicted octanol–water partition coefficient (Wildman–Crippen LogP) is 3.59. The number of carbonyl (C=O) groups is 3. The van der Waals surface area contributed by atoms with Crippen LogP contribution in [-0.2, 0) is 19.1 Å². The molecule has 0 aromatic heterocycles. The highest BCUT2D eigenvalue weighted by Crippen LogP contribution is 2.38. The second-order valence-electron chi connectivity index (χ2n) is 7.45. The highest BCUT2D eigenvalue weighted by Gasteiger charge is 2.25. The first kappa shape index (κ1) is 28.8. The molecule has 0 unspecified atom stereocenters. The van der Waals surface area contributed by atoms with Crippen LogP contribution in [0.4, 0.5) is 34.1 Å². The van der Waals surface area contributed by atoms with Crippen LogP contribution >= 0.6 is 0 Å². The molecule has 0 atom stereocenters. The van der Waals surface area contributed by atoms with Crippen LogP contribution in [0.5, 0.6) is 0 Å². The molecule has 0 saturated carbocycles.